The summed E-state index contributed by atoms with van der Waals surface area (Å²) in [7, 11) is 0. The zero-order valence-electron chi connectivity index (χ0n) is 30.3. The summed E-state index contributed by atoms with van der Waals surface area (Å²) < 4.78 is 2.63. The Labute approximate surface area is 321 Å². The van der Waals surface area contributed by atoms with Crippen molar-refractivity contribution in [2.45, 2.75) is 38.0 Å². The lowest BCUT2D eigenvalue weighted by molar-refractivity contribution is 0.445. The Morgan fingerprint density at radius 2 is 0.907 bits per heavy atom. The van der Waals surface area contributed by atoms with Gasteiger partial charge >= 0.3 is 0 Å². The molecular weight excluding hydrogens is 671 g/mol. The second-order valence-corrected chi connectivity index (χ2v) is 15.7. The number of benzene rings is 8. The van der Waals surface area contributed by atoms with Gasteiger partial charge in [0, 0.05) is 36.9 Å². The van der Waals surface area contributed by atoms with E-state index in [1.807, 2.05) is 11.3 Å². The molecule has 260 valence electrons. The molecule has 2 heteroatoms. The van der Waals surface area contributed by atoms with Crippen molar-refractivity contribution in [2.75, 3.05) is 4.90 Å². The van der Waals surface area contributed by atoms with Crippen molar-refractivity contribution in [3.63, 3.8) is 0 Å². The minimum Gasteiger partial charge on any atom is -0.309 e. The first-order chi connectivity index (χ1) is 26.8. The highest BCUT2D eigenvalue weighted by atomic mass is 32.1. The quantitative estimate of drug-likeness (QED) is 0.159. The molecule has 1 saturated carbocycles. The third-order valence-corrected chi connectivity index (χ3v) is 12.6. The van der Waals surface area contributed by atoms with Crippen LogP contribution in [0.25, 0.3) is 64.3 Å². The van der Waals surface area contributed by atoms with Crippen LogP contribution in [0, 0.1) is 0 Å². The maximum Gasteiger partial charge on any atom is 0.0540 e. The lowest BCUT2D eigenvalue weighted by Crippen LogP contribution is -2.14. The van der Waals surface area contributed by atoms with E-state index in [9.17, 15) is 0 Å². The summed E-state index contributed by atoms with van der Waals surface area (Å²) in [5.74, 6) is 0.590. The van der Waals surface area contributed by atoms with E-state index in [0.717, 1.165) is 11.4 Å². The fraction of sp³-hybridized carbons (Fsp3) is 0.115. The molecule has 0 radical (unpaired) electrons. The molecule has 0 N–H and O–H groups in total. The van der Waals surface area contributed by atoms with E-state index in [4.69, 9.17) is 0 Å². The minimum absolute atomic E-state index is 0.590. The maximum atomic E-state index is 2.54. The molecular formula is C52H41NS. The van der Waals surface area contributed by atoms with E-state index in [-0.39, 0.29) is 0 Å². The predicted molar refractivity (Wildman–Crippen MR) is 234 cm³/mol. The molecule has 0 amide bonds. The van der Waals surface area contributed by atoms with Crippen molar-refractivity contribution in [3.8, 4) is 33.4 Å². The average molecular weight is 712 g/mol. The minimum atomic E-state index is 0.590. The first-order valence-electron chi connectivity index (χ1n) is 19.4. The van der Waals surface area contributed by atoms with Crippen LogP contribution >= 0.6 is 11.3 Å². The van der Waals surface area contributed by atoms with Gasteiger partial charge in [0.25, 0.3) is 0 Å². The van der Waals surface area contributed by atoms with Gasteiger partial charge in [-0.1, -0.05) is 171 Å². The SMILES string of the molecule is c1ccc(-c2ccccc2N(c2ccccc2-c2cccc3cccc(C4CCCCC4)c23)c2ccccc2-c2cccc3sc4ccccc4c23)cc1. The largest absolute Gasteiger partial charge is 0.309 e. The number of anilines is 3. The molecule has 0 bridgehead atoms. The summed E-state index contributed by atoms with van der Waals surface area (Å²) in [6, 6.07) is 67.5. The van der Waals surface area contributed by atoms with Gasteiger partial charge in [0.1, 0.15) is 0 Å². The van der Waals surface area contributed by atoms with Gasteiger partial charge in [0.15, 0.2) is 0 Å². The van der Waals surface area contributed by atoms with E-state index in [1.54, 1.807) is 0 Å². The number of thiophene rings is 1. The highest BCUT2D eigenvalue weighted by molar-refractivity contribution is 7.25. The first-order valence-corrected chi connectivity index (χ1v) is 20.2. The fourth-order valence-electron chi connectivity index (χ4n) is 9.06. The van der Waals surface area contributed by atoms with Crippen molar-refractivity contribution >= 4 is 59.3 Å². The molecule has 1 aliphatic carbocycles. The Morgan fingerprint density at radius 1 is 0.389 bits per heavy atom. The van der Waals surface area contributed by atoms with Crippen LogP contribution in [0.5, 0.6) is 0 Å². The van der Waals surface area contributed by atoms with Crippen LogP contribution in [0.15, 0.2) is 182 Å². The smallest absolute Gasteiger partial charge is 0.0540 e. The molecule has 1 fully saturated rings. The molecule has 0 unspecified atom stereocenters. The third kappa shape index (κ3) is 5.70. The number of rotatable bonds is 7. The molecule has 0 saturated heterocycles. The number of hydrogen-bond acceptors (Lipinski definition) is 2. The van der Waals surface area contributed by atoms with E-state index in [0.29, 0.717) is 5.92 Å². The molecule has 1 aliphatic rings. The zero-order valence-corrected chi connectivity index (χ0v) is 31.1. The molecule has 0 aliphatic heterocycles. The van der Waals surface area contributed by atoms with Gasteiger partial charge in [0.2, 0.25) is 0 Å². The Kier molecular flexibility index (Phi) is 8.54. The third-order valence-electron chi connectivity index (χ3n) is 11.5. The lowest BCUT2D eigenvalue weighted by Gasteiger charge is -2.32. The molecule has 8 aromatic carbocycles. The molecule has 0 spiro atoms. The van der Waals surface area contributed by atoms with E-state index in [1.165, 1.54) is 108 Å². The van der Waals surface area contributed by atoms with Crippen molar-refractivity contribution < 1.29 is 0 Å². The summed E-state index contributed by atoms with van der Waals surface area (Å²) >= 11 is 1.88. The lowest BCUT2D eigenvalue weighted by atomic mass is 9.80. The van der Waals surface area contributed by atoms with Crippen LogP contribution in [-0.2, 0) is 0 Å². The Hall–Kier alpha value is -5.96. The highest BCUT2D eigenvalue weighted by Crippen LogP contribution is 2.51. The van der Waals surface area contributed by atoms with Gasteiger partial charge in [-0.25, -0.2) is 0 Å². The van der Waals surface area contributed by atoms with Crippen LogP contribution in [0.3, 0.4) is 0 Å². The Morgan fingerprint density at radius 3 is 1.63 bits per heavy atom. The molecule has 9 aromatic rings. The summed E-state index contributed by atoms with van der Waals surface area (Å²) in [6.07, 6.45) is 6.50. The van der Waals surface area contributed by atoms with Crippen LogP contribution < -0.4 is 4.90 Å². The average Bonchev–Trinajstić information content (AvgIpc) is 3.64. The summed E-state index contributed by atoms with van der Waals surface area (Å²) in [6.45, 7) is 0. The van der Waals surface area contributed by atoms with Gasteiger partial charge in [-0.15, -0.1) is 11.3 Å². The molecule has 1 nitrogen and oxygen atoms in total. The van der Waals surface area contributed by atoms with Crippen LogP contribution in [-0.4, -0.2) is 0 Å². The normalized spacial score (nSPS) is 13.5. The molecule has 0 atom stereocenters. The first kappa shape index (κ1) is 32.7. The number of para-hydroxylation sites is 3. The van der Waals surface area contributed by atoms with E-state index >= 15 is 0 Å². The van der Waals surface area contributed by atoms with Crippen molar-refractivity contribution in [3.05, 3.63) is 188 Å². The van der Waals surface area contributed by atoms with Crippen molar-refractivity contribution in [1.82, 2.24) is 0 Å². The maximum absolute atomic E-state index is 2.54. The predicted octanol–water partition coefficient (Wildman–Crippen LogP) is 15.7. The van der Waals surface area contributed by atoms with E-state index in [2.05, 4.69) is 187 Å². The zero-order chi connectivity index (χ0) is 35.8. The molecule has 54 heavy (non-hydrogen) atoms. The second-order valence-electron chi connectivity index (χ2n) is 14.6. The number of fused-ring (bicyclic) bond motifs is 4. The highest BCUT2D eigenvalue weighted by Gasteiger charge is 2.26. The topological polar surface area (TPSA) is 3.24 Å². The summed E-state index contributed by atoms with van der Waals surface area (Å²) in [5, 5.41) is 5.35. The summed E-state index contributed by atoms with van der Waals surface area (Å²) in [5.41, 5.74) is 12.4. The van der Waals surface area contributed by atoms with E-state index < -0.39 is 0 Å². The van der Waals surface area contributed by atoms with Crippen molar-refractivity contribution in [1.29, 1.82) is 0 Å². The molecule has 10 rings (SSSR count). The van der Waals surface area contributed by atoms with Gasteiger partial charge in [-0.05, 0) is 82.1 Å². The van der Waals surface area contributed by atoms with Crippen LogP contribution in [0.1, 0.15) is 43.6 Å². The Bertz CT molecular complexity index is 2760. The number of hydrogen-bond donors (Lipinski definition) is 0. The van der Waals surface area contributed by atoms with Crippen LogP contribution in [0.4, 0.5) is 17.1 Å². The second kappa shape index (κ2) is 14.1. The standard InChI is InChI=1S/C52H41NS/c1-3-18-36(19-4-1)39-24-7-11-31-46(39)53(48-33-13-9-26-42(48)44-30-17-35-50-52(44)45-27-10-14-34-49(45)54-50)47-32-12-8-25-41(47)43-29-16-23-38-22-15-28-40(51(38)43)37-20-5-2-6-21-37/h1,3-4,7-19,22-35,37H,2,5-6,20-21H2. The molecule has 1 heterocycles. The molecule has 1 aromatic heterocycles. The summed E-state index contributed by atoms with van der Waals surface area (Å²) in [4.78, 5) is 2.54. The van der Waals surface area contributed by atoms with Gasteiger partial charge in [-0.2, -0.15) is 0 Å². The van der Waals surface area contributed by atoms with Crippen LogP contribution in [0.2, 0.25) is 0 Å². The fourth-order valence-corrected chi connectivity index (χ4v) is 10.2. The van der Waals surface area contributed by atoms with Gasteiger partial charge < -0.3 is 4.90 Å². The van der Waals surface area contributed by atoms with Gasteiger partial charge in [-0.3, -0.25) is 0 Å². The van der Waals surface area contributed by atoms with Gasteiger partial charge in [0.05, 0.1) is 17.1 Å². The Balaban J connectivity index is 1.27. The van der Waals surface area contributed by atoms with Crippen molar-refractivity contribution in [2.24, 2.45) is 0 Å². The monoisotopic (exact) mass is 711 g/mol. The number of nitrogens with zero attached hydrogens (tertiary/aromatic N) is 1.